The fourth-order valence-corrected chi connectivity index (χ4v) is 1.36. The van der Waals surface area contributed by atoms with Gasteiger partial charge in [0.05, 0.1) is 5.69 Å². The van der Waals surface area contributed by atoms with Crippen LogP contribution in [0.5, 0.6) is 0 Å². The first kappa shape index (κ1) is 9.19. The summed E-state index contributed by atoms with van der Waals surface area (Å²) in [5.41, 5.74) is 2.16. The zero-order chi connectivity index (χ0) is 10.2. The highest BCUT2D eigenvalue weighted by atomic mass is 15.2. The second kappa shape index (κ2) is 3.08. The van der Waals surface area contributed by atoms with Crippen LogP contribution in [0.4, 0.5) is 0 Å². The molecule has 0 N–H and O–H groups in total. The molecule has 0 amide bonds. The van der Waals surface area contributed by atoms with Gasteiger partial charge in [-0.1, -0.05) is 20.8 Å². The molecule has 0 saturated carbocycles. The molecule has 14 heavy (non-hydrogen) atoms. The molecule has 0 aliphatic carbocycles. The summed E-state index contributed by atoms with van der Waals surface area (Å²) in [7, 11) is 0. The third kappa shape index (κ3) is 1.39. The van der Waals surface area contributed by atoms with E-state index in [9.17, 15) is 0 Å². The van der Waals surface area contributed by atoms with Gasteiger partial charge in [-0.05, 0) is 18.6 Å². The van der Waals surface area contributed by atoms with Crippen molar-refractivity contribution in [2.45, 2.75) is 32.6 Å². The maximum absolute atomic E-state index is 4.53. The van der Waals surface area contributed by atoms with Crippen molar-refractivity contribution in [1.82, 2.24) is 14.6 Å². The summed E-state index contributed by atoms with van der Waals surface area (Å²) in [6, 6.07) is 4.07. The largest absolute Gasteiger partial charge is 0.236 e. The second-order valence-electron chi connectivity index (χ2n) is 4.19. The van der Waals surface area contributed by atoms with Crippen molar-refractivity contribution >= 4 is 5.65 Å². The summed E-state index contributed by atoms with van der Waals surface area (Å²) in [6.07, 6.45) is 4.73. The maximum Gasteiger partial charge on any atom is 0.153 e. The summed E-state index contributed by atoms with van der Waals surface area (Å²) in [5, 5.41) is 4.53. The number of aromatic nitrogens is 3. The van der Waals surface area contributed by atoms with E-state index in [0.717, 1.165) is 17.8 Å². The van der Waals surface area contributed by atoms with Crippen LogP contribution >= 0.6 is 0 Å². The van der Waals surface area contributed by atoms with Crippen molar-refractivity contribution in [2.75, 3.05) is 0 Å². The Hall–Kier alpha value is -1.38. The lowest BCUT2D eigenvalue weighted by Crippen LogP contribution is -2.18. The predicted molar refractivity (Wildman–Crippen MR) is 56.3 cm³/mol. The number of hydrogen-bond donors (Lipinski definition) is 0. The molecule has 0 aromatic carbocycles. The van der Waals surface area contributed by atoms with Crippen LogP contribution in [0, 0.1) is 0 Å². The van der Waals surface area contributed by atoms with E-state index in [2.05, 4.69) is 36.9 Å². The van der Waals surface area contributed by atoms with E-state index in [1.807, 2.05) is 16.8 Å². The minimum Gasteiger partial charge on any atom is -0.236 e. The molecular formula is C11H15N3. The molecule has 2 aromatic heterocycles. The van der Waals surface area contributed by atoms with E-state index < -0.39 is 0 Å². The molecule has 0 unspecified atom stereocenters. The molecule has 0 spiro atoms. The highest BCUT2D eigenvalue weighted by molar-refractivity contribution is 5.37. The maximum atomic E-state index is 4.53. The lowest BCUT2D eigenvalue weighted by atomic mass is 9.86. The molecule has 74 valence electrons. The van der Waals surface area contributed by atoms with E-state index in [-0.39, 0.29) is 5.41 Å². The van der Waals surface area contributed by atoms with Gasteiger partial charge in [0, 0.05) is 17.8 Å². The molecule has 3 nitrogen and oxygen atoms in total. The highest BCUT2D eigenvalue weighted by Gasteiger charge is 2.20. The molecule has 0 atom stereocenters. The standard InChI is InChI=1S/C11H15N3/c1-4-11(2,3)9-5-6-10-12-7-8-14(10)13-9/h5-8H,4H2,1-3H3. The summed E-state index contributed by atoms with van der Waals surface area (Å²) >= 11 is 0. The Bertz CT molecular complexity index is 442. The molecule has 3 heteroatoms. The molecule has 0 bridgehead atoms. The topological polar surface area (TPSA) is 30.2 Å². The van der Waals surface area contributed by atoms with Gasteiger partial charge in [-0.15, -0.1) is 0 Å². The van der Waals surface area contributed by atoms with Gasteiger partial charge in [-0.3, -0.25) is 0 Å². The molecule has 0 aliphatic heterocycles. The van der Waals surface area contributed by atoms with Gasteiger partial charge < -0.3 is 0 Å². The van der Waals surface area contributed by atoms with Crippen molar-refractivity contribution in [3.8, 4) is 0 Å². The van der Waals surface area contributed by atoms with E-state index in [4.69, 9.17) is 0 Å². The Labute approximate surface area is 83.8 Å². The van der Waals surface area contributed by atoms with Crippen LogP contribution in [0.15, 0.2) is 24.5 Å². The highest BCUT2D eigenvalue weighted by Crippen LogP contribution is 2.24. The average Bonchev–Trinajstić information content (AvgIpc) is 2.64. The van der Waals surface area contributed by atoms with Gasteiger partial charge in [-0.25, -0.2) is 9.50 Å². The third-order valence-corrected chi connectivity index (χ3v) is 2.83. The van der Waals surface area contributed by atoms with Crippen molar-refractivity contribution < 1.29 is 0 Å². The molecule has 0 radical (unpaired) electrons. The summed E-state index contributed by atoms with van der Waals surface area (Å²) < 4.78 is 1.83. The molecule has 2 rings (SSSR count). The van der Waals surface area contributed by atoms with Gasteiger partial charge in [0.25, 0.3) is 0 Å². The summed E-state index contributed by atoms with van der Waals surface area (Å²) in [6.45, 7) is 6.59. The second-order valence-corrected chi connectivity index (χ2v) is 4.19. The monoisotopic (exact) mass is 189 g/mol. The van der Waals surface area contributed by atoms with Crippen molar-refractivity contribution in [3.05, 3.63) is 30.2 Å². The number of fused-ring (bicyclic) bond motifs is 1. The van der Waals surface area contributed by atoms with Crippen LogP contribution in [0.1, 0.15) is 32.9 Å². The van der Waals surface area contributed by atoms with Crippen LogP contribution in [0.25, 0.3) is 5.65 Å². The van der Waals surface area contributed by atoms with Crippen LogP contribution in [-0.2, 0) is 5.41 Å². The molecule has 0 aliphatic rings. The number of imidazole rings is 1. The lowest BCUT2D eigenvalue weighted by molar-refractivity contribution is 0.481. The third-order valence-electron chi connectivity index (χ3n) is 2.83. The summed E-state index contributed by atoms with van der Waals surface area (Å²) in [5.74, 6) is 0. The number of hydrogen-bond acceptors (Lipinski definition) is 2. The van der Waals surface area contributed by atoms with Crippen LogP contribution < -0.4 is 0 Å². The van der Waals surface area contributed by atoms with E-state index in [1.165, 1.54) is 0 Å². The fourth-order valence-electron chi connectivity index (χ4n) is 1.36. The lowest BCUT2D eigenvalue weighted by Gasteiger charge is -2.21. The molecule has 0 saturated heterocycles. The smallest absolute Gasteiger partial charge is 0.153 e. The van der Waals surface area contributed by atoms with Crippen molar-refractivity contribution in [3.63, 3.8) is 0 Å². The van der Waals surface area contributed by atoms with E-state index in [1.54, 1.807) is 6.20 Å². The predicted octanol–water partition coefficient (Wildman–Crippen LogP) is 2.42. The number of rotatable bonds is 2. The Kier molecular flexibility index (Phi) is 2.02. The van der Waals surface area contributed by atoms with Crippen molar-refractivity contribution in [2.24, 2.45) is 0 Å². The first-order valence-electron chi connectivity index (χ1n) is 4.94. The average molecular weight is 189 g/mol. The Morgan fingerprint density at radius 3 is 2.86 bits per heavy atom. The van der Waals surface area contributed by atoms with Gasteiger partial charge in [0.1, 0.15) is 0 Å². The first-order valence-corrected chi connectivity index (χ1v) is 4.94. The first-order chi connectivity index (χ1) is 6.63. The molecular weight excluding hydrogens is 174 g/mol. The quantitative estimate of drug-likeness (QED) is 0.726. The van der Waals surface area contributed by atoms with Crippen LogP contribution in [0.3, 0.4) is 0 Å². The SMILES string of the molecule is CCC(C)(C)c1ccc2nccn2n1. The van der Waals surface area contributed by atoms with Crippen molar-refractivity contribution in [1.29, 1.82) is 0 Å². The Morgan fingerprint density at radius 1 is 1.36 bits per heavy atom. The number of nitrogens with zero attached hydrogens (tertiary/aromatic N) is 3. The molecule has 0 fully saturated rings. The molecule has 2 heterocycles. The van der Waals surface area contributed by atoms with E-state index in [0.29, 0.717) is 0 Å². The normalized spacial score (nSPS) is 12.2. The minimum atomic E-state index is 0.137. The van der Waals surface area contributed by atoms with Gasteiger partial charge in [0.2, 0.25) is 0 Å². The summed E-state index contributed by atoms with van der Waals surface area (Å²) in [4.78, 5) is 4.17. The zero-order valence-electron chi connectivity index (χ0n) is 8.86. The Balaban J connectivity index is 2.53. The Morgan fingerprint density at radius 2 is 2.14 bits per heavy atom. The van der Waals surface area contributed by atoms with Crippen LogP contribution in [-0.4, -0.2) is 14.6 Å². The molecule has 2 aromatic rings. The fraction of sp³-hybridized carbons (Fsp3) is 0.455. The van der Waals surface area contributed by atoms with Crippen LogP contribution in [0.2, 0.25) is 0 Å². The van der Waals surface area contributed by atoms with Gasteiger partial charge >= 0.3 is 0 Å². The van der Waals surface area contributed by atoms with E-state index >= 15 is 0 Å². The minimum absolute atomic E-state index is 0.137. The van der Waals surface area contributed by atoms with Gasteiger partial charge in [-0.2, -0.15) is 5.10 Å². The zero-order valence-corrected chi connectivity index (χ0v) is 8.86. The van der Waals surface area contributed by atoms with Gasteiger partial charge in [0.15, 0.2) is 5.65 Å².